The first-order chi connectivity index (χ1) is 7.24. The lowest BCUT2D eigenvalue weighted by Crippen LogP contribution is -2.14. The number of rotatable bonds is 5. The zero-order valence-electron chi connectivity index (χ0n) is 8.95. The van der Waals surface area contributed by atoms with Crippen LogP contribution in [-0.2, 0) is 16.1 Å². The van der Waals surface area contributed by atoms with Gasteiger partial charge in [-0.25, -0.2) is 4.79 Å². The van der Waals surface area contributed by atoms with E-state index in [1.807, 2.05) is 11.5 Å². The minimum atomic E-state index is -0.271. The second-order valence-corrected chi connectivity index (χ2v) is 3.92. The van der Waals surface area contributed by atoms with Crippen molar-refractivity contribution in [2.75, 3.05) is 13.7 Å². The largest absolute Gasteiger partial charge is 0.466 e. The Morgan fingerprint density at radius 3 is 3.07 bits per heavy atom. The first-order valence-corrected chi connectivity index (χ1v) is 5.65. The fourth-order valence-electron chi connectivity index (χ4n) is 1.08. The molecule has 0 amide bonds. The summed E-state index contributed by atoms with van der Waals surface area (Å²) in [4.78, 5) is 11.0. The van der Waals surface area contributed by atoms with Gasteiger partial charge in [-0.15, -0.1) is 0 Å². The van der Waals surface area contributed by atoms with E-state index in [9.17, 15) is 4.79 Å². The summed E-state index contributed by atoms with van der Waals surface area (Å²) in [5.74, 6) is -0.271. The van der Waals surface area contributed by atoms with Gasteiger partial charge < -0.3 is 10.1 Å². The van der Waals surface area contributed by atoms with Gasteiger partial charge in [0, 0.05) is 18.7 Å². The van der Waals surface area contributed by atoms with Gasteiger partial charge in [0.25, 0.3) is 0 Å². The van der Waals surface area contributed by atoms with E-state index in [1.165, 1.54) is 12.7 Å². The van der Waals surface area contributed by atoms with E-state index in [4.69, 9.17) is 0 Å². The summed E-state index contributed by atoms with van der Waals surface area (Å²) in [5, 5.41) is 7.37. The van der Waals surface area contributed by atoms with Crippen molar-refractivity contribution in [3.8, 4) is 0 Å². The molecule has 1 heterocycles. The third kappa shape index (κ3) is 4.27. The number of nitrogens with one attached hydrogen (secondary N) is 1. The van der Waals surface area contributed by atoms with Crippen molar-refractivity contribution >= 4 is 17.3 Å². The highest BCUT2D eigenvalue weighted by molar-refractivity contribution is 7.07. The average Bonchev–Trinajstić information content (AvgIpc) is 2.75. The van der Waals surface area contributed by atoms with Gasteiger partial charge in [-0.2, -0.15) is 11.3 Å². The van der Waals surface area contributed by atoms with Crippen LogP contribution in [0.25, 0.3) is 0 Å². The number of carbonyl (C=O) groups is 1. The number of hydrogen-bond donors (Lipinski definition) is 1. The van der Waals surface area contributed by atoms with Crippen LogP contribution in [0.4, 0.5) is 0 Å². The molecule has 0 saturated heterocycles. The predicted octanol–water partition coefficient (Wildman–Crippen LogP) is 1.96. The maximum absolute atomic E-state index is 11.0. The van der Waals surface area contributed by atoms with Gasteiger partial charge in [-0.05, 0) is 29.3 Å². The Morgan fingerprint density at radius 1 is 1.67 bits per heavy atom. The van der Waals surface area contributed by atoms with Crippen molar-refractivity contribution in [1.29, 1.82) is 0 Å². The van der Waals surface area contributed by atoms with E-state index in [0.717, 1.165) is 6.54 Å². The fraction of sp³-hybridized carbons (Fsp3) is 0.364. The van der Waals surface area contributed by atoms with Crippen LogP contribution in [0.1, 0.15) is 12.5 Å². The van der Waals surface area contributed by atoms with E-state index in [1.54, 1.807) is 18.3 Å². The van der Waals surface area contributed by atoms with Gasteiger partial charge in [0.15, 0.2) is 0 Å². The number of hydrogen-bond acceptors (Lipinski definition) is 4. The van der Waals surface area contributed by atoms with Gasteiger partial charge in [0.2, 0.25) is 0 Å². The Kier molecular flexibility index (Phi) is 5.07. The maximum atomic E-state index is 11.0. The molecule has 0 unspecified atom stereocenters. The van der Waals surface area contributed by atoms with Gasteiger partial charge in [-0.3, -0.25) is 0 Å². The summed E-state index contributed by atoms with van der Waals surface area (Å²) in [6.07, 6.45) is 1.83. The predicted molar refractivity (Wildman–Crippen MR) is 61.8 cm³/mol. The van der Waals surface area contributed by atoms with Crippen molar-refractivity contribution in [1.82, 2.24) is 5.32 Å². The molecular formula is C11H15NO2S. The fourth-order valence-corrected chi connectivity index (χ4v) is 1.75. The number of carbonyl (C=O) groups excluding carboxylic acids is 1. The Labute approximate surface area is 93.8 Å². The molecule has 0 spiro atoms. The molecule has 0 aromatic carbocycles. The van der Waals surface area contributed by atoms with Crippen molar-refractivity contribution in [2.24, 2.45) is 0 Å². The molecule has 0 radical (unpaired) electrons. The normalized spacial score (nSPS) is 11.5. The highest BCUT2D eigenvalue weighted by Gasteiger charge is 2.00. The summed E-state index contributed by atoms with van der Waals surface area (Å²) in [6, 6.07) is 2.08. The molecule has 0 fully saturated rings. The Bertz CT molecular complexity index is 330. The van der Waals surface area contributed by atoms with Crippen LogP contribution in [0.2, 0.25) is 0 Å². The van der Waals surface area contributed by atoms with Crippen LogP contribution in [0.15, 0.2) is 28.5 Å². The standard InChI is InChI=1S/C11H15NO2S/c1-9(11(13)14-2)3-5-12-7-10-4-6-15-8-10/h3-4,6,8,12H,5,7H2,1-2H3/b9-3+. The van der Waals surface area contributed by atoms with E-state index in [2.05, 4.69) is 21.5 Å². The molecule has 0 saturated carbocycles. The summed E-state index contributed by atoms with van der Waals surface area (Å²) >= 11 is 1.68. The maximum Gasteiger partial charge on any atom is 0.333 e. The molecule has 1 rings (SSSR count). The van der Waals surface area contributed by atoms with Gasteiger partial charge >= 0.3 is 5.97 Å². The van der Waals surface area contributed by atoms with Crippen LogP contribution < -0.4 is 5.32 Å². The monoisotopic (exact) mass is 225 g/mol. The zero-order chi connectivity index (χ0) is 11.1. The summed E-state index contributed by atoms with van der Waals surface area (Å²) < 4.78 is 4.58. The molecule has 82 valence electrons. The average molecular weight is 225 g/mol. The molecule has 0 bridgehead atoms. The zero-order valence-corrected chi connectivity index (χ0v) is 9.76. The van der Waals surface area contributed by atoms with E-state index in [-0.39, 0.29) is 5.97 Å². The molecular weight excluding hydrogens is 210 g/mol. The quantitative estimate of drug-likeness (QED) is 0.473. The van der Waals surface area contributed by atoms with Crippen molar-refractivity contribution in [3.05, 3.63) is 34.0 Å². The van der Waals surface area contributed by atoms with Crippen LogP contribution in [0, 0.1) is 0 Å². The molecule has 1 aromatic rings. The summed E-state index contributed by atoms with van der Waals surface area (Å²) in [7, 11) is 1.39. The van der Waals surface area contributed by atoms with Crippen LogP contribution >= 0.6 is 11.3 Å². The third-order valence-corrected chi connectivity index (χ3v) is 2.70. The molecule has 0 aliphatic rings. The smallest absolute Gasteiger partial charge is 0.333 e. The second kappa shape index (κ2) is 6.37. The SMILES string of the molecule is COC(=O)/C(C)=C/CNCc1ccsc1. The second-order valence-electron chi connectivity index (χ2n) is 3.14. The first-order valence-electron chi connectivity index (χ1n) is 4.71. The Balaban J connectivity index is 2.24. The third-order valence-electron chi connectivity index (χ3n) is 1.97. The molecule has 0 aliphatic carbocycles. The summed E-state index contributed by atoms with van der Waals surface area (Å²) in [5.41, 5.74) is 1.90. The van der Waals surface area contributed by atoms with Gasteiger partial charge in [0.05, 0.1) is 7.11 Å². The number of esters is 1. The highest BCUT2D eigenvalue weighted by atomic mass is 32.1. The van der Waals surface area contributed by atoms with Gasteiger partial charge in [-0.1, -0.05) is 6.08 Å². The Morgan fingerprint density at radius 2 is 2.47 bits per heavy atom. The van der Waals surface area contributed by atoms with E-state index in [0.29, 0.717) is 12.1 Å². The molecule has 3 nitrogen and oxygen atoms in total. The molecule has 0 aliphatic heterocycles. The Hall–Kier alpha value is -1.13. The van der Waals surface area contributed by atoms with E-state index < -0.39 is 0 Å². The van der Waals surface area contributed by atoms with E-state index >= 15 is 0 Å². The lowest BCUT2D eigenvalue weighted by Gasteiger charge is -2.00. The van der Waals surface area contributed by atoms with Crippen molar-refractivity contribution in [3.63, 3.8) is 0 Å². The van der Waals surface area contributed by atoms with Crippen molar-refractivity contribution in [2.45, 2.75) is 13.5 Å². The number of methoxy groups -OCH3 is 1. The first kappa shape index (κ1) is 11.9. The molecule has 4 heteroatoms. The molecule has 15 heavy (non-hydrogen) atoms. The number of ether oxygens (including phenoxy) is 1. The van der Waals surface area contributed by atoms with Crippen molar-refractivity contribution < 1.29 is 9.53 Å². The molecule has 0 atom stereocenters. The van der Waals surface area contributed by atoms with Gasteiger partial charge in [0.1, 0.15) is 0 Å². The van der Waals surface area contributed by atoms with Crippen LogP contribution in [-0.4, -0.2) is 19.6 Å². The molecule has 1 N–H and O–H groups in total. The lowest BCUT2D eigenvalue weighted by atomic mass is 10.3. The number of thiophene rings is 1. The molecule has 1 aromatic heterocycles. The lowest BCUT2D eigenvalue weighted by molar-refractivity contribution is -0.136. The minimum absolute atomic E-state index is 0.271. The van der Waals surface area contributed by atoms with Crippen LogP contribution in [0.3, 0.4) is 0 Å². The van der Waals surface area contributed by atoms with Crippen LogP contribution in [0.5, 0.6) is 0 Å². The minimum Gasteiger partial charge on any atom is -0.466 e. The highest BCUT2D eigenvalue weighted by Crippen LogP contribution is 2.04. The topological polar surface area (TPSA) is 38.3 Å². The summed E-state index contributed by atoms with van der Waals surface area (Å²) in [6.45, 7) is 3.25.